The van der Waals surface area contributed by atoms with Crippen LogP contribution in [0.4, 0.5) is 0 Å². The van der Waals surface area contributed by atoms with Crippen molar-refractivity contribution in [2.75, 3.05) is 6.54 Å². The quantitative estimate of drug-likeness (QED) is 0.901. The maximum absolute atomic E-state index is 5.77. The summed E-state index contributed by atoms with van der Waals surface area (Å²) in [5.74, 6) is 3.04. The lowest BCUT2D eigenvalue weighted by atomic mass is 9.76. The minimum absolute atomic E-state index is 0.320. The van der Waals surface area contributed by atoms with Crippen LogP contribution in [0.25, 0.3) is 0 Å². The molecular formula is C16H30N4. The molecule has 0 spiro atoms. The Morgan fingerprint density at radius 1 is 1.15 bits per heavy atom. The highest BCUT2D eigenvalue weighted by molar-refractivity contribution is 4.98. The van der Waals surface area contributed by atoms with E-state index in [1.165, 1.54) is 37.3 Å². The van der Waals surface area contributed by atoms with Crippen LogP contribution in [0.1, 0.15) is 64.5 Å². The third-order valence-electron chi connectivity index (χ3n) is 4.64. The van der Waals surface area contributed by atoms with Crippen molar-refractivity contribution in [3.05, 3.63) is 11.6 Å². The zero-order valence-corrected chi connectivity index (χ0v) is 13.4. The predicted molar refractivity (Wildman–Crippen MR) is 82.5 cm³/mol. The van der Waals surface area contributed by atoms with Gasteiger partial charge in [-0.3, -0.25) is 0 Å². The Kier molecular flexibility index (Phi) is 5.19. The molecule has 1 aromatic rings. The van der Waals surface area contributed by atoms with E-state index in [4.69, 9.17) is 5.73 Å². The average Bonchev–Trinajstić information content (AvgIpc) is 2.61. The molecule has 0 saturated heterocycles. The van der Waals surface area contributed by atoms with E-state index >= 15 is 0 Å². The molecule has 2 rings (SSSR count). The summed E-state index contributed by atoms with van der Waals surface area (Å²) in [6.45, 7) is 8.83. The van der Waals surface area contributed by atoms with Gasteiger partial charge in [-0.15, -0.1) is 10.2 Å². The van der Waals surface area contributed by atoms with Crippen LogP contribution in [0, 0.1) is 11.3 Å². The van der Waals surface area contributed by atoms with Gasteiger partial charge in [0.25, 0.3) is 0 Å². The molecule has 0 aromatic carbocycles. The molecule has 4 heteroatoms. The van der Waals surface area contributed by atoms with Gasteiger partial charge in [0, 0.05) is 19.4 Å². The summed E-state index contributed by atoms with van der Waals surface area (Å²) in [4.78, 5) is 0. The third-order valence-corrected chi connectivity index (χ3v) is 4.64. The second-order valence-corrected chi connectivity index (χ2v) is 7.17. The molecule has 4 nitrogen and oxygen atoms in total. The number of hydrogen-bond acceptors (Lipinski definition) is 3. The van der Waals surface area contributed by atoms with E-state index < -0.39 is 0 Å². The molecule has 1 aromatic heterocycles. The summed E-state index contributed by atoms with van der Waals surface area (Å²) in [6, 6.07) is 0. The molecule has 1 unspecified atom stereocenters. The topological polar surface area (TPSA) is 56.7 Å². The molecule has 0 fully saturated rings. The highest BCUT2D eigenvalue weighted by Crippen LogP contribution is 2.32. The van der Waals surface area contributed by atoms with E-state index in [0.717, 1.165) is 32.4 Å². The lowest BCUT2D eigenvalue weighted by molar-refractivity contribution is 0.213. The number of nitrogens with zero attached hydrogens (tertiary/aromatic N) is 3. The molecule has 114 valence electrons. The fourth-order valence-corrected chi connectivity index (χ4v) is 3.25. The average molecular weight is 278 g/mol. The summed E-state index contributed by atoms with van der Waals surface area (Å²) in [5, 5.41) is 8.83. The third kappa shape index (κ3) is 3.81. The van der Waals surface area contributed by atoms with Crippen molar-refractivity contribution in [2.45, 2.75) is 72.3 Å². The van der Waals surface area contributed by atoms with Crippen LogP contribution in [0.3, 0.4) is 0 Å². The van der Waals surface area contributed by atoms with E-state index in [0.29, 0.717) is 11.3 Å². The van der Waals surface area contributed by atoms with Crippen molar-refractivity contribution >= 4 is 0 Å². The van der Waals surface area contributed by atoms with Crippen molar-refractivity contribution < 1.29 is 0 Å². The second kappa shape index (κ2) is 6.70. The highest BCUT2D eigenvalue weighted by Gasteiger charge is 2.24. The molecule has 20 heavy (non-hydrogen) atoms. The zero-order chi connectivity index (χ0) is 14.6. The van der Waals surface area contributed by atoms with Gasteiger partial charge in [0.2, 0.25) is 0 Å². The van der Waals surface area contributed by atoms with Crippen LogP contribution in [-0.2, 0) is 19.4 Å². The first-order chi connectivity index (χ1) is 9.52. The predicted octanol–water partition coefficient (Wildman–Crippen LogP) is 2.95. The fraction of sp³-hybridized carbons (Fsp3) is 0.875. The van der Waals surface area contributed by atoms with E-state index in [9.17, 15) is 0 Å². The Morgan fingerprint density at radius 2 is 1.95 bits per heavy atom. The van der Waals surface area contributed by atoms with Gasteiger partial charge in [-0.25, -0.2) is 0 Å². The van der Waals surface area contributed by atoms with Crippen LogP contribution >= 0.6 is 0 Å². The smallest absolute Gasteiger partial charge is 0.133 e. The number of aromatic nitrogens is 3. The maximum Gasteiger partial charge on any atom is 0.133 e. The van der Waals surface area contributed by atoms with Crippen LogP contribution < -0.4 is 5.73 Å². The van der Waals surface area contributed by atoms with Crippen LogP contribution in [0.5, 0.6) is 0 Å². The minimum atomic E-state index is 0.320. The summed E-state index contributed by atoms with van der Waals surface area (Å²) >= 11 is 0. The van der Waals surface area contributed by atoms with Gasteiger partial charge >= 0.3 is 0 Å². The monoisotopic (exact) mass is 278 g/mol. The molecular weight excluding hydrogens is 248 g/mol. The van der Waals surface area contributed by atoms with Gasteiger partial charge in [-0.05, 0) is 43.6 Å². The normalized spacial score (nSPS) is 17.6. The Bertz CT molecular complexity index is 417. The summed E-state index contributed by atoms with van der Waals surface area (Å²) in [5.41, 5.74) is 6.09. The molecule has 1 aliphatic rings. The number of hydrogen-bond donors (Lipinski definition) is 1. The van der Waals surface area contributed by atoms with Gasteiger partial charge in [0.05, 0.1) is 0 Å². The lowest BCUT2D eigenvalue weighted by Crippen LogP contribution is -2.24. The minimum Gasteiger partial charge on any atom is -0.330 e. The Morgan fingerprint density at radius 3 is 2.65 bits per heavy atom. The molecule has 0 radical (unpaired) electrons. The van der Waals surface area contributed by atoms with Gasteiger partial charge < -0.3 is 10.3 Å². The Labute approximate surface area is 123 Å². The number of nitrogens with two attached hydrogens (primary N) is 1. The van der Waals surface area contributed by atoms with E-state index in [1.807, 2.05) is 0 Å². The van der Waals surface area contributed by atoms with E-state index in [1.54, 1.807) is 0 Å². The molecule has 0 bridgehead atoms. The molecule has 2 heterocycles. The molecule has 0 aliphatic carbocycles. The Hall–Kier alpha value is -0.900. The first-order valence-electron chi connectivity index (χ1n) is 8.13. The van der Waals surface area contributed by atoms with Crippen LogP contribution in [-0.4, -0.2) is 21.3 Å². The van der Waals surface area contributed by atoms with Crippen molar-refractivity contribution in [1.82, 2.24) is 14.8 Å². The van der Waals surface area contributed by atoms with Gasteiger partial charge in [0.1, 0.15) is 11.6 Å². The number of fused-ring (bicyclic) bond motifs is 1. The largest absolute Gasteiger partial charge is 0.330 e. The van der Waals surface area contributed by atoms with Gasteiger partial charge in [-0.1, -0.05) is 27.2 Å². The van der Waals surface area contributed by atoms with Crippen molar-refractivity contribution in [3.63, 3.8) is 0 Å². The van der Waals surface area contributed by atoms with E-state index in [-0.39, 0.29) is 0 Å². The molecule has 1 aliphatic heterocycles. The molecule has 1 atom stereocenters. The molecule has 0 saturated carbocycles. The summed E-state index contributed by atoms with van der Waals surface area (Å²) in [6.07, 6.45) is 8.25. The maximum atomic E-state index is 5.77. The van der Waals surface area contributed by atoms with Crippen molar-refractivity contribution in [3.8, 4) is 0 Å². The van der Waals surface area contributed by atoms with Gasteiger partial charge in [-0.2, -0.15) is 0 Å². The number of rotatable bonds is 5. The standard InChI is InChI=1S/C16H30N4/c1-16(2,3)13(10-11-17)8-9-15-19-18-14-7-5-4-6-12-20(14)15/h13H,4-12,17H2,1-3H3. The number of aryl methyl sites for hydroxylation is 2. The van der Waals surface area contributed by atoms with Crippen molar-refractivity contribution in [1.29, 1.82) is 0 Å². The van der Waals surface area contributed by atoms with E-state index in [2.05, 4.69) is 35.5 Å². The summed E-state index contributed by atoms with van der Waals surface area (Å²) in [7, 11) is 0. The first kappa shape index (κ1) is 15.5. The molecule has 0 amide bonds. The first-order valence-corrected chi connectivity index (χ1v) is 8.13. The zero-order valence-electron chi connectivity index (χ0n) is 13.4. The van der Waals surface area contributed by atoms with Gasteiger partial charge in [0.15, 0.2) is 0 Å². The SMILES string of the molecule is CC(C)(C)C(CCN)CCc1nnc2n1CCCCC2. The summed E-state index contributed by atoms with van der Waals surface area (Å²) < 4.78 is 2.37. The second-order valence-electron chi connectivity index (χ2n) is 7.17. The lowest BCUT2D eigenvalue weighted by Gasteiger charge is -2.30. The van der Waals surface area contributed by atoms with Crippen molar-refractivity contribution in [2.24, 2.45) is 17.1 Å². The fourth-order valence-electron chi connectivity index (χ4n) is 3.25. The van der Waals surface area contributed by atoms with Crippen LogP contribution in [0.15, 0.2) is 0 Å². The van der Waals surface area contributed by atoms with Crippen LogP contribution in [0.2, 0.25) is 0 Å². The highest BCUT2D eigenvalue weighted by atomic mass is 15.3. The Balaban J connectivity index is 2.01. The molecule has 2 N–H and O–H groups in total.